The molecule has 0 fully saturated rings. The summed E-state index contributed by atoms with van der Waals surface area (Å²) in [5.74, 6) is -1.21. The van der Waals surface area contributed by atoms with Crippen LogP contribution < -0.4 is 5.32 Å². The number of amides is 1. The van der Waals surface area contributed by atoms with E-state index in [-0.39, 0.29) is 10.6 Å². The minimum absolute atomic E-state index is 0.0629. The van der Waals surface area contributed by atoms with E-state index in [2.05, 4.69) is 27.9 Å². The smallest absolute Gasteiger partial charge is 0.258 e. The van der Waals surface area contributed by atoms with E-state index in [9.17, 15) is 9.18 Å². The van der Waals surface area contributed by atoms with Crippen LogP contribution in [-0.4, -0.2) is 5.91 Å². The van der Waals surface area contributed by atoms with Crippen molar-refractivity contribution >= 4 is 45.8 Å². The Balaban J connectivity index is 2.31. The molecule has 0 aromatic heterocycles. The van der Waals surface area contributed by atoms with Crippen LogP contribution in [0.2, 0.25) is 5.02 Å². The predicted molar refractivity (Wildman–Crippen MR) is 83.3 cm³/mol. The third-order valence-corrected chi connectivity index (χ3v) is 4.17. The zero-order chi connectivity index (χ0) is 14.0. The molecule has 2 nitrogen and oxygen atoms in total. The maximum Gasteiger partial charge on any atom is 0.258 e. The van der Waals surface area contributed by atoms with Crippen LogP contribution in [0.5, 0.6) is 0 Å². The average Bonchev–Trinajstić information content (AvgIpc) is 2.38. The Hall–Kier alpha value is -1.14. The molecular formula is C14H10ClFINO. The van der Waals surface area contributed by atoms with Crippen molar-refractivity contribution < 1.29 is 9.18 Å². The second-order valence-electron chi connectivity index (χ2n) is 3.97. The normalized spacial score (nSPS) is 10.3. The highest BCUT2D eigenvalue weighted by molar-refractivity contribution is 14.1. The molecule has 1 amide bonds. The fourth-order valence-electron chi connectivity index (χ4n) is 1.61. The van der Waals surface area contributed by atoms with Crippen LogP contribution in [0.25, 0.3) is 0 Å². The summed E-state index contributed by atoms with van der Waals surface area (Å²) < 4.78 is 14.8. The summed E-state index contributed by atoms with van der Waals surface area (Å²) >= 11 is 7.84. The molecule has 0 aliphatic carbocycles. The molecule has 0 unspecified atom stereocenters. The lowest BCUT2D eigenvalue weighted by Gasteiger charge is -2.10. The first-order valence-corrected chi connectivity index (χ1v) is 6.97. The molecule has 0 bridgehead atoms. The van der Waals surface area contributed by atoms with Crippen molar-refractivity contribution in [2.24, 2.45) is 0 Å². The van der Waals surface area contributed by atoms with Crippen LogP contribution in [0, 0.1) is 16.3 Å². The number of benzene rings is 2. The largest absolute Gasteiger partial charge is 0.322 e. The lowest BCUT2D eigenvalue weighted by molar-refractivity contribution is 0.102. The first-order valence-electron chi connectivity index (χ1n) is 5.51. The van der Waals surface area contributed by atoms with Gasteiger partial charge in [0.2, 0.25) is 0 Å². The van der Waals surface area contributed by atoms with Crippen LogP contribution >= 0.6 is 34.2 Å². The number of anilines is 1. The molecule has 2 aromatic carbocycles. The first-order chi connectivity index (χ1) is 9.00. The number of carbonyl (C=O) groups excluding carboxylic acids is 1. The Morgan fingerprint density at radius 2 is 1.95 bits per heavy atom. The molecule has 0 heterocycles. The van der Waals surface area contributed by atoms with Crippen LogP contribution in [0.15, 0.2) is 36.4 Å². The van der Waals surface area contributed by atoms with Crippen molar-refractivity contribution in [2.45, 2.75) is 6.92 Å². The Kier molecular flexibility index (Phi) is 4.42. The maximum atomic E-state index is 13.7. The van der Waals surface area contributed by atoms with Crippen molar-refractivity contribution in [1.82, 2.24) is 0 Å². The van der Waals surface area contributed by atoms with Gasteiger partial charge in [0.15, 0.2) is 5.82 Å². The fraction of sp³-hybridized carbons (Fsp3) is 0.0714. The zero-order valence-electron chi connectivity index (χ0n) is 10.0. The number of carbonyl (C=O) groups is 1. The monoisotopic (exact) mass is 389 g/mol. The molecule has 0 aliphatic heterocycles. The van der Waals surface area contributed by atoms with Crippen LogP contribution in [0.4, 0.5) is 10.1 Å². The SMILES string of the molecule is Cc1c(I)cccc1NC(=O)c1cccc(Cl)c1F. The number of rotatable bonds is 2. The van der Waals surface area contributed by atoms with Gasteiger partial charge in [-0.1, -0.05) is 23.7 Å². The number of hydrogen-bond donors (Lipinski definition) is 1. The highest BCUT2D eigenvalue weighted by Gasteiger charge is 2.15. The summed E-state index contributed by atoms with van der Waals surface area (Å²) in [6, 6.07) is 9.90. The molecule has 0 saturated heterocycles. The molecule has 98 valence electrons. The minimum Gasteiger partial charge on any atom is -0.322 e. The van der Waals surface area contributed by atoms with E-state index in [1.807, 2.05) is 19.1 Å². The van der Waals surface area contributed by atoms with Gasteiger partial charge in [0.25, 0.3) is 5.91 Å². The lowest BCUT2D eigenvalue weighted by atomic mass is 10.1. The van der Waals surface area contributed by atoms with Gasteiger partial charge >= 0.3 is 0 Å². The van der Waals surface area contributed by atoms with Gasteiger partial charge in [0.1, 0.15) is 0 Å². The van der Waals surface area contributed by atoms with Gasteiger partial charge in [-0.15, -0.1) is 0 Å². The standard InChI is InChI=1S/C14H10ClFINO/c1-8-11(17)6-3-7-12(8)18-14(19)9-4-2-5-10(15)13(9)16/h2-7H,1H3,(H,18,19). The van der Waals surface area contributed by atoms with Crippen molar-refractivity contribution in [1.29, 1.82) is 0 Å². The molecular weight excluding hydrogens is 380 g/mol. The molecule has 0 radical (unpaired) electrons. The number of nitrogens with one attached hydrogen (secondary N) is 1. The Bertz CT molecular complexity index is 645. The molecule has 0 spiro atoms. The van der Waals surface area contributed by atoms with Crippen molar-refractivity contribution in [2.75, 3.05) is 5.32 Å². The van der Waals surface area contributed by atoms with Gasteiger partial charge < -0.3 is 5.32 Å². The van der Waals surface area contributed by atoms with E-state index in [1.165, 1.54) is 12.1 Å². The minimum atomic E-state index is -0.704. The quantitative estimate of drug-likeness (QED) is 0.745. The van der Waals surface area contributed by atoms with Crippen LogP contribution in [-0.2, 0) is 0 Å². The Labute approximate surface area is 129 Å². The Morgan fingerprint density at radius 3 is 2.68 bits per heavy atom. The van der Waals surface area contributed by atoms with Crippen molar-refractivity contribution in [3.63, 3.8) is 0 Å². The molecule has 2 rings (SSSR count). The van der Waals surface area contributed by atoms with Gasteiger partial charge in [-0.05, 0) is 59.3 Å². The molecule has 2 aromatic rings. The average molecular weight is 390 g/mol. The molecule has 0 saturated carbocycles. The summed E-state index contributed by atoms with van der Waals surface area (Å²) in [6.07, 6.45) is 0. The van der Waals surface area contributed by atoms with Gasteiger partial charge in [0, 0.05) is 9.26 Å². The molecule has 0 aliphatic rings. The molecule has 5 heteroatoms. The number of halogens is 3. The second-order valence-corrected chi connectivity index (χ2v) is 5.54. The highest BCUT2D eigenvalue weighted by atomic mass is 127. The molecule has 0 atom stereocenters. The van der Waals surface area contributed by atoms with E-state index in [4.69, 9.17) is 11.6 Å². The summed E-state index contributed by atoms with van der Waals surface area (Å²) in [7, 11) is 0. The first kappa shape index (κ1) is 14.3. The summed E-state index contributed by atoms with van der Waals surface area (Å²) in [5, 5.41) is 2.63. The predicted octanol–water partition coefficient (Wildman–Crippen LogP) is 4.64. The molecule has 1 N–H and O–H groups in total. The van der Waals surface area contributed by atoms with Crippen molar-refractivity contribution in [3.8, 4) is 0 Å². The van der Waals surface area contributed by atoms with Crippen molar-refractivity contribution in [3.05, 3.63) is 61.9 Å². The van der Waals surface area contributed by atoms with E-state index in [0.717, 1.165) is 9.13 Å². The number of hydrogen-bond acceptors (Lipinski definition) is 1. The fourth-order valence-corrected chi connectivity index (χ4v) is 2.28. The summed E-state index contributed by atoms with van der Waals surface area (Å²) in [6.45, 7) is 1.89. The summed E-state index contributed by atoms with van der Waals surface area (Å²) in [4.78, 5) is 12.0. The summed E-state index contributed by atoms with van der Waals surface area (Å²) in [5.41, 5.74) is 1.54. The van der Waals surface area contributed by atoms with Gasteiger partial charge in [-0.3, -0.25) is 4.79 Å². The highest BCUT2D eigenvalue weighted by Crippen LogP contribution is 2.23. The lowest BCUT2D eigenvalue weighted by Crippen LogP contribution is -2.15. The van der Waals surface area contributed by atoms with E-state index < -0.39 is 11.7 Å². The third kappa shape index (κ3) is 3.06. The van der Waals surface area contributed by atoms with E-state index >= 15 is 0 Å². The maximum absolute atomic E-state index is 13.7. The van der Waals surface area contributed by atoms with Gasteiger partial charge in [-0.2, -0.15) is 0 Å². The van der Waals surface area contributed by atoms with E-state index in [1.54, 1.807) is 12.1 Å². The third-order valence-electron chi connectivity index (χ3n) is 2.71. The second kappa shape index (κ2) is 5.88. The van der Waals surface area contributed by atoms with Crippen LogP contribution in [0.3, 0.4) is 0 Å². The van der Waals surface area contributed by atoms with Gasteiger partial charge in [-0.25, -0.2) is 4.39 Å². The van der Waals surface area contributed by atoms with Crippen LogP contribution in [0.1, 0.15) is 15.9 Å². The zero-order valence-corrected chi connectivity index (χ0v) is 12.9. The van der Waals surface area contributed by atoms with E-state index in [0.29, 0.717) is 5.69 Å². The topological polar surface area (TPSA) is 29.1 Å². The Morgan fingerprint density at radius 1 is 1.26 bits per heavy atom. The molecule has 19 heavy (non-hydrogen) atoms. The van der Waals surface area contributed by atoms with Gasteiger partial charge in [0.05, 0.1) is 10.6 Å².